The summed E-state index contributed by atoms with van der Waals surface area (Å²) in [5, 5.41) is 22.1. The van der Waals surface area contributed by atoms with Gasteiger partial charge in [0, 0.05) is 54.3 Å². The van der Waals surface area contributed by atoms with Crippen LogP contribution >= 0.6 is 0 Å². The number of halogens is 2. The minimum absolute atomic E-state index is 0.00849. The Kier molecular flexibility index (Phi) is 17.8. The summed E-state index contributed by atoms with van der Waals surface area (Å²) in [6.45, 7) is 7.82. The number of fused-ring (bicyclic) bond motifs is 7. The number of aliphatic hydroxyl groups excluding tert-OH is 1. The number of urea groups is 1. The highest BCUT2D eigenvalue weighted by molar-refractivity contribution is 7.85. The molecule has 23 heteroatoms. The summed E-state index contributed by atoms with van der Waals surface area (Å²) in [6, 6.07) is 2.97. The molecule has 1 heterocycles. The van der Waals surface area contributed by atoms with E-state index in [0.29, 0.717) is 18.5 Å². The average Bonchev–Trinajstić information content (AvgIpc) is 3.80. The van der Waals surface area contributed by atoms with Crippen LogP contribution in [0.2, 0.25) is 0 Å². The molecule has 0 spiro atoms. The number of ether oxygens (including phenoxy) is 3. The minimum atomic E-state index is -4.29. The molecule has 20 nitrogen and oxygen atoms in total. The first-order valence-electron chi connectivity index (χ1n) is 24.9. The molecular weight excluding hydrogens is 979 g/mol. The second kappa shape index (κ2) is 22.7. The number of hydrogen-bond acceptors (Lipinski definition) is 14. The van der Waals surface area contributed by atoms with E-state index in [9.17, 15) is 47.1 Å². The monoisotopic (exact) mass is 1050 g/mol. The van der Waals surface area contributed by atoms with Crippen LogP contribution in [0.3, 0.4) is 0 Å². The molecule has 0 radical (unpaired) electrons. The van der Waals surface area contributed by atoms with E-state index in [1.165, 1.54) is 43.3 Å². The van der Waals surface area contributed by atoms with Crippen molar-refractivity contribution in [1.82, 2.24) is 16.0 Å². The first-order chi connectivity index (χ1) is 34.2. The van der Waals surface area contributed by atoms with Crippen LogP contribution in [0.5, 0.6) is 5.75 Å². The van der Waals surface area contributed by atoms with Crippen LogP contribution in [0.25, 0.3) is 0 Å². The second-order valence-corrected chi connectivity index (χ2v) is 22.4. The normalized spacial score (nSPS) is 31.4. The highest BCUT2D eigenvalue weighted by Gasteiger charge is 2.80. The molecule has 10 N–H and O–H groups in total. The summed E-state index contributed by atoms with van der Waals surface area (Å²) in [7, 11) is -4.29. The van der Waals surface area contributed by atoms with Gasteiger partial charge in [0.2, 0.25) is 23.5 Å². The molecule has 6 rings (SSSR count). The molecule has 5 amide bonds. The van der Waals surface area contributed by atoms with Crippen molar-refractivity contribution < 1.29 is 74.6 Å². The van der Waals surface area contributed by atoms with E-state index < -0.39 is 146 Å². The van der Waals surface area contributed by atoms with Gasteiger partial charge in [-0.1, -0.05) is 40.2 Å². The molecule has 1 aromatic rings. The largest absolute Gasteiger partial charge is 0.486 e. The molecule has 1 unspecified atom stereocenters. The quantitative estimate of drug-likeness (QED) is 0.0545. The molecule has 1 aliphatic heterocycles. The number of aliphatic hydroxyl groups is 1. The van der Waals surface area contributed by atoms with E-state index in [-0.39, 0.29) is 75.8 Å². The Hall–Kier alpha value is -5.20. The van der Waals surface area contributed by atoms with E-state index >= 15 is 8.78 Å². The number of nitrogens with one attached hydrogen (secondary N) is 4. The average molecular weight is 1050 g/mol. The molecule has 1 aromatic carbocycles. The lowest BCUT2D eigenvalue weighted by atomic mass is 9.44. The Morgan fingerprint density at radius 2 is 1.70 bits per heavy atom. The Balaban J connectivity index is 1.11. The molecule has 0 bridgehead atoms. The van der Waals surface area contributed by atoms with Crippen LogP contribution in [0, 0.1) is 34.5 Å². The predicted molar refractivity (Wildman–Crippen MR) is 260 cm³/mol. The maximum Gasteiger partial charge on any atom is 0.312 e. The van der Waals surface area contributed by atoms with E-state index in [2.05, 4.69) is 21.3 Å². The number of anilines is 1. The Bertz CT molecular complexity index is 2460. The Morgan fingerprint density at radius 3 is 2.34 bits per heavy atom. The maximum absolute atomic E-state index is 17.9. The van der Waals surface area contributed by atoms with Crippen molar-refractivity contribution in [3.63, 3.8) is 0 Å². The maximum atomic E-state index is 17.9. The fourth-order valence-corrected chi connectivity index (χ4v) is 12.3. The number of Topliss-reactive ketones (excluding diaryl/α,β-unsaturated/α-hetero) is 2. The first kappa shape index (κ1) is 57.1. The molecule has 404 valence electrons. The van der Waals surface area contributed by atoms with Gasteiger partial charge in [0.05, 0.1) is 30.0 Å². The van der Waals surface area contributed by atoms with Crippen LogP contribution in [0.1, 0.15) is 98.8 Å². The van der Waals surface area contributed by atoms with Crippen molar-refractivity contribution in [2.75, 3.05) is 30.8 Å². The fourth-order valence-electron chi connectivity index (χ4n) is 12.0. The van der Waals surface area contributed by atoms with Gasteiger partial charge in [-0.05, 0) is 106 Å². The van der Waals surface area contributed by atoms with Crippen LogP contribution in [0.4, 0.5) is 19.3 Å². The van der Waals surface area contributed by atoms with Gasteiger partial charge in [0.1, 0.15) is 18.5 Å². The highest BCUT2D eigenvalue weighted by Crippen LogP contribution is 2.72. The van der Waals surface area contributed by atoms with Crippen LogP contribution in [-0.2, 0) is 48.4 Å². The third kappa shape index (κ3) is 11.9. The van der Waals surface area contributed by atoms with Gasteiger partial charge < -0.3 is 52.1 Å². The number of nitrogens with two attached hydrogens (primary N) is 2. The van der Waals surface area contributed by atoms with E-state index in [1.807, 2.05) is 6.92 Å². The molecular formula is C50H70F2N6O14S. The molecule has 13 atom stereocenters. The van der Waals surface area contributed by atoms with Crippen LogP contribution in [-0.4, -0.2) is 133 Å². The van der Waals surface area contributed by atoms with Gasteiger partial charge >= 0.3 is 6.03 Å². The topological polar surface area (TPSA) is 322 Å². The smallest absolute Gasteiger partial charge is 0.312 e. The van der Waals surface area contributed by atoms with Crippen molar-refractivity contribution in [3.8, 4) is 5.75 Å². The van der Waals surface area contributed by atoms with Gasteiger partial charge in [-0.2, -0.15) is 8.42 Å². The number of hydrogen-bond donors (Lipinski definition) is 8. The summed E-state index contributed by atoms with van der Waals surface area (Å²) in [6.07, 6.45) is -0.863. The van der Waals surface area contributed by atoms with Crippen molar-refractivity contribution in [3.05, 3.63) is 48.1 Å². The van der Waals surface area contributed by atoms with E-state index in [4.69, 9.17) is 30.2 Å². The molecule has 73 heavy (non-hydrogen) atoms. The lowest BCUT2D eigenvalue weighted by Crippen LogP contribution is -2.71. The number of primary amides is 1. The van der Waals surface area contributed by atoms with Gasteiger partial charge in [0.25, 0.3) is 10.1 Å². The number of carbonyl (C=O) groups excluding carboxylic acids is 7. The number of amides is 5. The third-order valence-electron chi connectivity index (χ3n) is 15.7. The summed E-state index contributed by atoms with van der Waals surface area (Å²) in [5.74, 6) is -6.97. The number of alkyl halides is 2. The molecule has 0 aromatic heterocycles. The molecule has 4 aliphatic carbocycles. The van der Waals surface area contributed by atoms with Crippen LogP contribution < -0.4 is 37.5 Å². The van der Waals surface area contributed by atoms with Gasteiger partial charge in [-0.3, -0.25) is 33.3 Å². The molecule has 5 aliphatic rings. The fraction of sp³-hybridized carbons (Fsp3) is 0.660. The summed E-state index contributed by atoms with van der Waals surface area (Å²) in [5.41, 5.74) is 4.63. The number of allylic oxidation sites excluding steroid dienone is 4. The van der Waals surface area contributed by atoms with Gasteiger partial charge in [0.15, 0.2) is 29.1 Å². The minimum Gasteiger partial charge on any atom is -0.486 e. The summed E-state index contributed by atoms with van der Waals surface area (Å²) >= 11 is 0. The Labute approximate surface area is 423 Å². The first-order valence-corrected chi connectivity index (χ1v) is 26.5. The number of benzene rings is 1. The lowest BCUT2D eigenvalue weighted by Gasteiger charge is -2.63. The predicted octanol–water partition coefficient (Wildman–Crippen LogP) is 3.06. The molecule has 4 fully saturated rings. The van der Waals surface area contributed by atoms with Gasteiger partial charge in [-0.25, -0.2) is 13.6 Å². The summed E-state index contributed by atoms with van der Waals surface area (Å²) < 4.78 is 83.8. The SMILES string of the molecule is CCCC1O[C@@H]2C[C@H]3[C@@H]4C[C@H](F)C5=CC(=O)C=C[C@]5(C)[C@@]4(F)[C@@H](O)C[C@]3(C)[C@]2(C(=O)COc2ccc(NC(=O)[C@H](CCCNC(N)=O)CC(=O)[C@@H](NC(=O)[C@H](N)CCC(=O)NCCS(=O)(=O)O)C(C)C)cc2)O1. The third-order valence-corrected chi connectivity index (χ3v) is 16.4. The van der Waals surface area contributed by atoms with E-state index in [1.54, 1.807) is 20.8 Å². The second-order valence-electron chi connectivity index (χ2n) is 20.8. The van der Waals surface area contributed by atoms with E-state index in [0.717, 1.165) is 6.08 Å². The lowest BCUT2D eigenvalue weighted by molar-refractivity contribution is -0.234. The van der Waals surface area contributed by atoms with Crippen LogP contribution in [0.15, 0.2) is 48.1 Å². The Morgan fingerprint density at radius 1 is 1.00 bits per heavy atom. The zero-order valence-corrected chi connectivity index (χ0v) is 42.6. The van der Waals surface area contributed by atoms with Crippen molar-refractivity contribution in [1.29, 1.82) is 0 Å². The zero-order chi connectivity index (χ0) is 53.8. The highest BCUT2D eigenvalue weighted by atomic mass is 32.2. The summed E-state index contributed by atoms with van der Waals surface area (Å²) in [4.78, 5) is 91.3. The standard InChI is InChI=1S/C50H70F2N6O14S/c1-6-8-42-71-40-24-32-33-23-35(51)34-22-30(59)16-17-47(34,4)49(33,52)38(61)25-48(32,5)50(40,72-42)39(62)26-70-31-12-10-29(11-13-31)57-44(64)28(9-7-18-56-46(54)66)21-37(60)43(27(2)3)58-45(65)36(53)14-15-41(63)55-19-20-73(67,68)69/h10-13,16-17,22,27-28,32-33,35-36,38,40,42-43,61H,6-9,14-15,18-21,23-26,53H2,1-5H3,(H,55,63)(H,57,64)(H,58,65)(H3,54,56,66)(H,67,68,69)/t28-,32+,33+,35+,36-,38+,40-,42?,43+,47+,48+,49+,50-/m1/s1. The number of rotatable bonds is 24. The number of carbonyl (C=O) groups is 7. The van der Waals surface area contributed by atoms with Crippen molar-refractivity contribution in [2.24, 2.45) is 46.0 Å². The van der Waals surface area contributed by atoms with Crippen molar-refractivity contribution in [2.45, 2.75) is 147 Å². The molecule has 3 saturated carbocycles. The molecule has 1 saturated heterocycles. The number of ketones is 3. The zero-order valence-electron chi connectivity index (χ0n) is 41.8. The van der Waals surface area contributed by atoms with Crippen molar-refractivity contribution >= 4 is 56.9 Å². The van der Waals surface area contributed by atoms with Gasteiger partial charge in [-0.15, -0.1) is 0 Å².